The predicted molar refractivity (Wildman–Crippen MR) is 109 cm³/mol. The van der Waals surface area contributed by atoms with E-state index in [2.05, 4.69) is 46.4 Å². The van der Waals surface area contributed by atoms with Gasteiger partial charge in [-0.1, -0.05) is 47.1 Å². The molecule has 134 valence electrons. The van der Waals surface area contributed by atoms with Gasteiger partial charge in [-0.05, 0) is 48.2 Å². The number of carbonyl (C=O) groups excluding carboxylic acids is 1. The number of carbonyl (C=O) groups is 1. The maximum absolute atomic E-state index is 12.3. The molecule has 0 fully saturated rings. The van der Waals surface area contributed by atoms with Crippen LogP contribution in [0.5, 0.6) is 5.75 Å². The molecule has 1 atom stereocenters. The summed E-state index contributed by atoms with van der Waals surface area (Å²) in [6, 6.07) is 14.3. The average Bonchev–Trinajstić information content (AvgIpc) is 2.61. The standard InChI is InChI=1S/C20H24BrNO2S/c1-4-18(16-7-10-19(24-3)14(2)11-16)22-20(23)13-25-12-15-5-8-17(21)9-6-15/h5-11,18H,4,12-13H2,1-3H3,(H,22,23). The van der Waals surface area contributed by atoms with Crippen LogP contribution in [0.2, 0.25) is 0 Å². The summed E-state index contributed by atoms with van der Waals surface area (Å²) in [5.74, 6) is 2.23. The molecule has 2 rings (SSSR count). The lowest BCUT2D eigenvalue weighted by atomic mass is 10.0. The number of thioether (sulfide) groups is 1. The molecule has 0 radical (unpaired) electrons. The number of hydrogen-bond donors (Lipinski definition) is 1. The smallest absolute Gasteiger partial charge is 0.230 e. The number of amides is 1. The summed E-state index contributed by atoms with van der Waals surface area (Å²) in [5.41, 5.74) is 3.42. The van der Waals surface area contributed by atoms with Crippen molar-refractivity contribution in [2.24, 2.45) is 0 Å². The van der Waals surface area contributed by atoms with Gasteiger partial charge in [0.1, 0.15) is 5.75 Å². The molecule has 0 heterocycles. The lowest BCUT2D eigenvalue weighted by Gasteiger charge is -2.19. The molecule has 2 aromatic carbocycles. The van der Waals surface area contributed by atoms with Crippen molar-refractivity contribution in [2.45, 2.75) is 32.1 Å². The van der Waals surface area contributed by atoms with Gasteiger partial charge in [-0.2, -0.15) is 0 Å². The largest absolute Gasteiger partial charge is 0.496 e. The van der Waals surface area contributed by atoms with E-state index in [4.69, 9.17) is 4.74 Å². The monoisotopic (exact) mass is 421 g/mol. The van der Waals surface area contributed by atoms with Gasteiger partial charge in [0, 0.05) is 10.2 Å². The van der Waals surface area contributed by atoms with E-state index in [-0.39, 0.29) is 11.9 Å². The summed E-state index contributed by atoms with van der Waals surface area (Å²) in [6.07, 6.45) is 0.856. The Kier molecular flexibility index (Phi) is 7.85. The van der Waals surface area contributed by atoms with Gasteiger partial charge < -0.3 is 10.1 Å². The first kappa shape index (κ1) is 19.9. The zero-order chi connectivity index (χ0) is 18.2. The lowest BCUT2D eigenvalue weighted by molar-refractivity contribution is -0.119. The Morgan fingerprint density at radius 1 is 1.24 bits per heavy atom. The van der Waals surface area contributed by atoms with Gasteiger partial charge in [-0.3, -0.25) is 4.79 Å². The van der Waals surface area contributed by atoms with Crippen LogP contribution in [0, 0.1) is 6.92 Å². The molecule has 0 aromatic heterocycles. The van der Waals surface area contributed by atoms with Gasteiger partial charge in [-0.15, -0.1) is 11.8 Å². The molecule has 2 aromatic rings. The molecule has 0 aliphatic carbocycles. The molecular weight excluding hydrogens is 398 g/mol. The number of methoxy groups -OCH3 is 1. The number of aryl methyl sites for hydroxylation is 1. The molecule has 1 unspecified atom stereocenters. The molecule has 25 heavy (non-hydrogen) atoms. The number of halogens is 1. The molecule has 5 heteroatoms. The van der Waals surface area contributed by atoms with E-state index in [0.29, 0.717) is 5.75 Å². The second kappa shape index (κ2) is 9.88. The van der Waals surface area contributed by atoms with Crippen LogP contribution in [0.4, 0.5) is 0 Å². The van der Waals surface area contributed by atoms with Crippen molar-refractivity contribution in [3.05, 3.63) is 63.6 Å². The van der Waals surface area contributed by atoms with E-state index < -0.39 is 0 Å². The Hall–Kier alpha value is -1.46. The topological polar surface area (TPSA) is 38.3 Å². The van der Waals surface area contributed by atoms with Gasteiger partial charge in [0.2, 0.25) is 5.91 Å². The molecule has 0 aliphatic rings. The summed E-state index contributed by atoms with van der Waals surface area (Å²) in [7, 11) is 1.67. The molecule has 0 saturated heterocycles. The quantitative estimate of drug-likeness (QED) is 0.630. The van der Waals surface area contributed by atoms with E-state index >= 15 is 0 Å². The third-order valence-electron chi connectivity index (χ3n) is 3.98. The normalized spacial score (nSPS) is 11.8. The molecule has 0 saturated carbocycles. The number of hydrogen-bond acceptors (Lipinski definition) is 3. The van der Waals surface area contributed by atoms with Crippen LogP contribution < -0.4 is 10.1 Å². The van der Waals surface area contributed by atoms with E-state index in [9.17, 15) is 4.79 Å². The number of nitrogens with one attached hydrogen (secondary N) is 1. The zero-order valence-electron chi connectivity index (χ0n) is 14.8. The van der Waals surface area contributed by atoms with Crippen molar-refractivity contribution in [1.82, 2.24) is 5.32 Å². The first-order valence-electron chi connectivity index (χ1n) is 8.29. The van der Waals surface area contributed by atoms with Gasteiger partial charge >= 0.3 is 0 Å². The highest BCUT2D eigenvalue weighted by molar-refractivity contribution is 9.10. The summed E-state index contributed by atoms with van der Waals surface area (Å²) < 4.78 is 6.37. The zero-order valence-corrected chi connectivity index (χ0v) is 17.2. The van der Waals surface area contributed by atoms with E-state index in [1.807, 2.05) is 31.2 Å². The van der Waals surface area contributed by atoms with Crippen LogP contribution in [-0.4, -0.2) is 18.8 Å². The van der Waals surface area contributed by atoms with Crippen LogP contribution in [0.3, 0.4) is 0 Å². The number of ether oxygens (including phenoxy) is 1. The van der Waals surface area contributed by atoms with Crippen molar-refractivity contribution in [1.29, 1.82) is 0 Å². The summed E-state index contributed by atoms with van der Waals surface area (Å²) in [6.45, 7) is 4.10. The van der Waals surface area contributed by atoms with Crippen LogP contribution in [0.25, 0.3) is 0 Å². The molecule has 3 nitrogen and oxygen atoms in total. The predicted octanol–water partition coefficient (Wildman–Crippen LogP) is 5.27. The number of rotatable bonds is 8. The van der Waals surface area contributed by atoms with Crippen LogP contribution in [0.1, 0.15) is 36.1 Å². The third kappa shape index (κ3) is 6.08. The Morgan fingerprint density at radius 3 is 2.56 bits per heavy atom. The van der Waals surface area contributed by atoms with Gasteiger partial charge in [0.15, 0.2) is 0 Å². The molecule has 1 amide bonds. The van der Waals surface area contributed by atoms with Crippen molar-refractivity contribution >= 4 is 33.6 Å². The minimum atomic E-state index is 0.0328. The first-order valence-corrected chi connectivity index (χ1v) is 10.2. The number of benzene rings is 2. The fraction of sp³-hybridized carbons (Fsp3) is 0.350. The Bertz CT molecular complexity index is 703. The van der Waals surface area contributed by atoms with Gasteiger partial charge in [-0.25, -0.2) is 0 Å². The van der Waals surface area contributed by atoms with Crippen LogP contribution >= 0.6 is 27.7 Å². The maximum atomic E-state index is 12.3. The van der Waals surface area contributed by atoms with Gasteiger partial charge in [0.05, 0.1) is 18.9 Å². The average molecular weight is 422 g/mol. The Balaban J connectivity index is 1.86. The fourth-order valence-corrected chi connectivity index (χ4v) is 3.68. The third-order valence-corrected chi connectivity index (χ3v) is 5.51. The van der Waals surface area contributed by atoms with Gasteiger partial charge in [0.25, 0.3) is 0 Å². The molecule has 0 bridgehead atoms. The summed E-state index contributed by atoms with van der Waals surface area (Å²) >= 11 is 5.06. The van der Waals surface area contributed by atoms with Crippen LogP contribution in [-0.2, 0) is 10.5 Å². The molecular formula is C20H24BrNO2S. The highest BCUT2D eigenvalue weighted by atomic mass is 79.9. The molecule has 0 spiro atoms. The Morgan fingerprint density at radius 2 is 1.96 bits per heavy atom. The molecule has 1 N–H and O–H groups in total. The first-order chi connectivity index (χ1) is 12.0. The molecule has 0 aliphatic heterocycles. The van der Waals surface area contributed by atoms with E-state index in [0.717, 1.165) is 33.5 Å². The second-order valence-electron chi connectivity index (χ2n) is 5.88. The minimum Gasteiger partial charge on any atom is -0.496 e. The van der Waals surface area contributed by atoms with Crippen LogP contribution in [0.15, 0.2) is 46.9 Å². The van der Waals surface area contributed by atoms with E-state index in [1.165, 1.54) is 5.56 Å². The van der Waals surface area contributed by atoms with Crippen molar-refractivity contribution in [3.63, 3.8) is 0 Å². The minimum absolute atomic E-state index is 0.0328. The Labute approximate surface area is 162 Å². The SMILES string of the molecule is CCC(NC(=O)CSCc1ccc(Br)cc1)c1ccc(OC)c(C)c1. The van der Waals surface area contributed by atoms with Crippen molar-refractivity contribution in [3.8, 4) is 5.75 Å². The lowest BCUT2D eigenvalue weighted by Crippen LogP contribution is -2.29. The second-order valence-corrected chi connectivity index (χ2v) is 7.78. The summed E-state index contributed by atoms with van der Waals surface area (Å²) in [4.78, 5) is 12.3. The highest BCUT2D eigenvalue weighted by Crippen LogP contribution is 2.24. The van der Waals surface area contributed by atoms with E-state index in [1.54, 1.807) is 18.9 Å². The fourth-order valence-electron chi connectivity index (χ4n) is 2.62. The van der Waals surface area contributed by atoms with Crippen molar-refractivity contribution in [2.75, 3.05) is 12.9 Å². The summed E-state index contributed by atoms with van der Waals surface area (Å²) in [5, 5.41) is 3.13. The van der Waals surface area contributed by atoms with Crippen molar-refractivity contribution < 1.29 is 9.53 Å². The highest BCUT2D eigenvalue weighted by Gasteiger charge is 2.14. The maximum Gasteiger partial charge on any atom is 0.230 e.